The Morgan fingerprint density at radius 1 is 1.60 bits per heavy atom. The molecule has 0 spiro atoms. The lowest BCUT2D eigenvalue weighted by atomic mass is 9.87. The maximum absolute atomic E-state index is 5.81. The van der Waals surface area contributed by atoms with Crippen molar-refractivity contribution in [1.82, 2.24) is 4.90 Å². The molecule has 2 heterocycles. The Bertz CT molecular complexity index is 284. The van der Waals surface area contributed by atoms with Crippen LogP contribution in [0.15, 0.2) is 17.5 Å². The molecule has 2 atom stereocenters. The molecule has 15 heavy (non-hydrogen) atoms. The van der Waals surface area contributed by atoms with Crippen LogP contribution in [0.25, 0.3) is 0 Å². The Morgan fingerprint density at radius 2 is 2.47 bits per heavy atom. The van der Waals surface area contributed by atoms with Crippen molar-refractivity contribution in [1.29, 1.82) is 0 Å². The van der Waals surface area contributed by atoms with Gasteiger partial charge in [-0.2, -0.15) is 0 Å². The highest BCUT2D eigenvalue weighted by atomic mass is 32.1. The van der Waals surface area contributed by atoms with Crippen LogP contribution in [-0.4, -0.2) is 24.5 Å². The summed E-state index contributed by atoms with van der Waals surface area (Å²) >= 11 is 1.85. The second-order valence-corrected chi connectivity index (χ2v) is 5.61. The normalized spacial score (nSPS) is 28.1. The monoisotopic (exact) mass is 224 g/mol. The summed E-state index contributed by atoms with van der Waals surface area (Å²) in [6, 6.07) is 4.35. The number of likely N-dealkylation sites (tertiary alicyclic amines) is 1. The van der Waals surface area contributed by atoms with Crippen LogP contribution in [0.1, 0.15) is 18.2 Å². The van der Waals surface area contributed by atoms with Crippen molar-refractivity contribution in [3.63, 3.8) is 0 Å². The standard InChI is InChI=1S/C12H20N2S/c1-10-4-5-14(8-11(10)7-13)9-12-3-2-6-15-12/h2-3,6,10-11H,4-5,7-9,13H2,1H3. The van der Waals surface area contributed by atoms with Crippen LogP contribution < -0.4 is 5.73 Å². The zero-order valence-corrected chi connectivity index (χ0v) is 10.2. The van der Waals surface area contributed by atoms with Gasteiger partial charge >= 0.3 is 0 Å². The van der Waals surface area contributed by atoms with Crippen LogP contribution >= 0.6 is 11.3 Å². The number of hydrogen-bond donors (Lipinski definition) is 1. The molecule has 1 aliphatic rings. The third-order valence-electron chi connectivity index (χ3n) is 3.46. The molecule has 0 aromatic carbocycles. The van der Waals surface area contributed by atoms with Crippen molar-refractivity contribution in [2.75, 3.05) is 19.6 Å². The van der Waals surface area contributed by atoms with Crippen molar-refractivity contribution >= 4 is 11.3 Å². The zero-order valence-electron chi connectivity index (χ0n) is 9.36. The molecular weight excluding hydrogens is 204 g/mol. The fraction of sp³-hybridized carbons (Fsp3) is 0.667. The molecule has 1 aromatic rings. The van der Waals surface area contributed by atoms with Gasteiger partial charge in [-0.1, -0.05) is 13.0 Å². The van der Waals surface area contributed by atoms with Crippen LogP contribution in [0.2, 0.25) is 0 Å². The van der Waals surface area contributed by atoms with E-state index in [1.807, 2.05) is 11.3 Å². The van der Waals surface area contributed by atoms with Gasteiger partial charge in [0.15, 0.2) is 0 Å². The lowest BCUT2D eigenvalue weighted by Gasteiger charge is -2.36. The molecule has 84 valence electrons. The molecule has 1 aliphatic heterocycles. The third kappa shape index (κ3) is 2.80. The molecule has 1 saturated heterocycles. The van der Waals surface area contributed by atoms with E-state index in [4.69, 9.17) is 5.73 Å². The Labute approximate surface area is 96.1 Å². The Balaban J connectivity index is 1.89. The Hall–Kier alpha value is -0.380. The summed E-state index contributed by atoms with van der Waals surface area (Å²) in [5, 5.41) is 2.16. The van der Waals surface area contributed by atoms with E-state index in [0.717, 1.165) is 19.0 Å². The number of thiophene rings is 1. The second kappa shape index (κ2) is 5.10. The van der Waals surface area contributed by atoms with Crippen molar-refractivity contribution in [2.45, 2.75) is 19.9 Å². The number of piperidine rings is 1. The van der Waals surface area contributed by atoms with Gasteiger partial charge in [-0.25, -0.2) is 0 Å². The van der Waals surface area contributed by atoms with Crippen LogP contribution in [-0.2, 0) is 6.54 Å². The van der Waals surface area contributed by atoms with Crippen LogP contribution in [0, 0.1) is 11.8 Å². The summed E-state index contributed by atoms with van der Waals surface area (Å²) in [6.45, 7) is 6.69. The predicted octanol–water partition coefficient (Wildman–Crippen LogP) is 2.16. The molecule has 1 fully saturated rings. The first kappa shape index (κ1) is 11.1. The van der Waals surface area contributed by atoms with Crippen molar-refractivity contribution in [3.8, 4) is 0 Å². The summed E-state index contributed by atoms with van der Waals surface area (Å²) < 4.78 is 0. The molecule has 0 aliphatic carbocycles. The number of nitrogens with two attached hydrogens (primary N) is 1. The van der Waals surface area contributed by atoms with Gasteiger partial charge in [0.05, 0.1) is 0 Å². The first-order chi connectivity index (χ1) is 7.29. The first-order valence-corrected chi connectivity index (χ1v) is 6.62. The van der Waals surface area contributed by atoms with Crippen molar-refractivity contribution < 1.29 is 0 Å². The highest BCUT2D eigenvalue weighted by Gasteiger charge is 2.24. The third-order valence-corrected chi connectivity index (χ3v) is 4.32. The smallest absolute Gasteiger partial charge is 0.0328 e. The lowest BCUT2D eigenvalue weighted by Crippen LogP contribution is -2.42. The average Bonchev–Trinajstić information content (AvgIpc) is 2.73. The van der Waals surface area contributed by atoms with E-state index in [2.05, 4.69) is 29.3 Å². The lowest BCUT2D eigenvalue weighted by molar-refractivity contribution is 0.127. The van der Waals surface area contributed by atoms with Crippen molar-refractivity contribution in [2.24, 2.45) is 17.6 Å². The average molecular weight is 224 g/mol. The van der Waals surface area contributed by atoms with Gasteiger partial charge in [-0.3, -0.25) is 4.90 Å². The van der Waals surface area contributed by atoms with Crippen LogP contribution in [0.3, 0.4) is 0 Å². The fourth-order valence-corrected chi connectivity index (χ4v) is 3.04. The highest BCUT2D eigenvalue weighted by Crippen LogP contribution is 2.24. The molecule has 2 nitrogen and oxygen atoms in total. The van der Waals surface area contributed by atoms with Gasteiger partial charge in [0.2, 0.25) is 0 Å². The molecule has 0 radical (unpaired) electrons. The number of hydrogen-bond acceptors (Lipinski definition) is 3. The van der Waals surface area contributed by atoms with Gasteiger partial charge in [0.1, 0.15) is 0 Å². The summed E-state index contributed by atoms with van der Waals surface area (Å²) in [6.07, 6.45) is 1.30. The Morgan fingerprint density at radius 3 is 3.13 bits per heavy atom. The topological polar surface area (TPSA) is 29.3 Å². The first-order valence-electron chi connectivity index (χ1n) is 5.74. The van der Waals surface area contributed by atoms with E-state index < -0.39 is 0 Å². The molecule has 2 unspecified atom stereocenters. The number of nitrogens with zero attached hydrogens (tertiary/aromatic N) is 1. The predicted molar refractivity (Wildman–Crippen MR) is 65.9 cm³/mol. The fourth-order valence-electron chi connectivity index (χ4n) is 2.30. The van der Waals surface area contributed by atoms with Gasteiger partial charge in [-0.15, -0.1) is 11.3 Å². The maximum atomic E-state index is 5.81. The SMILES string of the molecule is CC1CCN(Cc2cccs2)CC1CN. The molecule has 2 N–H and O–H groups in total. The summed E-state index contributed by atoms with van der Waals surface area (Å²) in [7, 11) is 0. The van der Waals surface area contributed by atoms with E-state index in [0.29, 0.717) is 5.92 Å². The summed E-state index contributed by atoms with van der Waals surface area (Å²) in [5.74, 6) is 1.49. The molecular formula is C12H20N2S. The zero-order chi connectivity index (χ0) is 10.7. The molecule has 0 bridgehead atoms. The minimum atomic E-state index is 0.693. The summed E-state index contributed by atoms with van der Waals surface area (Å²) in [5.41, 5.74) is 5.81. The Kier molecular flexibility index (Phi) is 3.78. The molecule has 0 saturated carbocycles. The maximum Gasteiger partial charge on any atom is 0.0328 e. The molecule has 0 amide bonds. The van der Waals surface area contributed by atoms with E-state index in [-0.39, 0.29) is 0 Å². The highest BCUT2D eigenvalue weighted by molar-refractivity contribution is 7.09. The summed E-state index contributed by atoms with van der Waals surface area (Å²) in [4.78, 5) is 4.02. The molecule has 3 heteroatoms. The van der Waals surface area contributed by atoms with Gasteiger partial charge in [0, 0.05) is 18.0 Å². The van der Waals surface area contributed by atoms with E-state index in [1.165, 1.54) is 24.4 Å². The van der Waals surface area contributed by atoms with Gasteiger partial charge in [0.25, 0.3) is 0 Å². The van der Waals surface area contributed by atoms with E-state index >= 15 is 0 Å². The van der Waals surface area contributed by atoms with Crippen LogP contribution in [0.5, 0.6) is 0 Å². The van der Waals surface area contributed by atoms with Gasteiger partial charge < -0.3 is 5.73 Å². The largest absolute Gasteiger partial charge is 0.330 e. The molecule has 2 rings (SSSR count). The second-order valence-electron chi connectivity index (χ2n) is 4.58. The molecule has 1 aromatic heterocycles. The van der Waals surface area contributed by atoms with Crippen molar-refractivity contribution in [3.05, 3.63) is 22.4 Å². The quantitative estimate of drug-likeness (QED) is 0.852. The minimum absolute atomic E-state index is 0.693. The minimum Gasteiger partial charge on any atom is -0.330 e. The van der Waals surface area contributed by atoms with Gasteiger partial charge in [-0.05, 0) is 42.8 Å². The number of rotatable bonds is 3. The van der Waals surface area contributed by atoms with E-state index in [1.54, 1.807) is 0 Å². The van der Waals surface area contributed by atoms with Crippen LogP contribution in [0.4, 0.5) is 0 Å². The van der Waals surface area contributed by atoms with E-state index in [9.17, 15) is 0 Å².